The second-order valence-electron chi connectivity index (χ2n) is 2.61. The van der Waals surface area contributed by atoms with E-state index in [0.717, 1.165) is 0 Å². The minimum absolute atomic E-state index is 0.0402. The van der Waals surface area contributed by atoms with Gasteiger partial charge in [-0.25, -0.2) is 0 Å². The maximum absolute atomic E-state index is 11.2. The third kappa shape index (κ3) is 3.56. The number of carbonyl (C=O) groups is 1. The Balaban J connectivity index is 4.11. The van der Waals surface area contributed by atoms with Crippen molar-refractivity contribution in [2.24, 2.45) is 0 Å². The molecule has 0 fully saturated rings. The summed E-state index contributed by atoms with van der Waals surface area (Å²) in [5.41, 5.74) is 0. The fourth-order valence-electron chi connectivity index (χ4n) is 1.01. The molecule has 0 heterocycles. The van der Waals surface area contributed by atoms with Gasteiger partial charge in [0.25, 0.3) is 0 Å². The molecule has 0 saturated heterocycles. The van der Waals surface area contributed by atoms with Gasteiger partial charge in [-0.15, -0.1) is 0 Å². The highest BCUT2D eigenvalue weighted by atomic mass is 32.1. The Labute approximate surface area is 79.0 Å². The second kappa shape index (κ2) is 6.46. The summed E-state index contributed by atoms with van der Waals surface area (Å²) in [6.07, 6.45) is -0.233. The Hall–Kier alpha value is -0.0600. The van der Waals surface area contributed by atoms with E-state index in [9.17, 15) is 9.90 Å². The number of Topliss-reactive ketones (excluding diaryl/α,β-unsaturated/α-hetero) is 1. The number of rotatable bonds is 6. The average Bonchev–Trinajstić information content (AvgIpc) is 2.11. The zero-order valence-electron chi connectivity index (χ0n) is 7.58. The summed E-state index contributed by atoms with van der Waals surface area (Å²) < 4.78 is 0. The Kier molecular flexibility index (Phi) is 6.42. The first-order valence-electron chi connectivity index (χ1n) is 4.22. The van der Waals surface area contributed by atoms with E-state index < -0.39 is 12.1 Å². The molecule has 0 rings (SSSR count). The van der Waals surface area contributed by atoms with E-state index in [1.54, 1.807) is 6.92 Å². The van der Waals surface area contributed by atoms with Gasteiger partial charge in [0.05, 0.1) is 12.1 Å². The first-order chi connectivity index (χ1) is 5.67. The number of aliphatic hydroxyl groups is 1. The van der Waals surface area contributed by atoms with Gasteiger partial charge in [-0.05, 0) is 6.54 Å². The molecule has 0 amide bonds. The number of hydrogen-bond donors (Lipinski definition) is 3. The minimum atomic E-state index is -0.680. The van der Waals surface area contributed by atoms with Crippen LogP contribution in [0.1, 0.15) is 20.3 Å². The number of hydrogen-bond acceptors (Lipinski definition) is 4. The van der Waals surface area contributed by atoms with Gasteiger partial charge in [0.1, 0.15) is 0 Å². The summed E-state index contributed by atoms with van der Waals surface area (Å²) in [5, 5.41) is 12.3. The van der Waals surface area contributed by atoms with Crippen LogP contribution in [0.25, 0.3) is 0 Å². The first kappa shape index (κ1) is 11.9. The van der Waals surface area contributed by atoms with Crippen LogP contribution >= 0.6 is 12.6 Å². The lowest BCUT2D eigenvalue weighted by atomic mass is 10.1. The quantitative estimate of drug-likeness (QED) is 0.527. The molecule has 12 heavy (non-hydrogen) atoms. The summed E-state index contributed by atoms with van der Waals surface area (Å²) >= 11 is 3.94. The molecule has 2 N–H and O–H groups in total. The van der Waals surface area contributed by atoms with Crippen molar-refractivity contribution in [2.75, 3.05) is 12.3 Å². The van der Waals surface area contributed by atoms with E-state index in [2.05, 4.69) is 17.9 Å². The molecule has 0 aromatic rings. The van der Waals surface area contributed by atoms with Crippen LogP contribution in [-0.2, 0) is 4.79 Å². The smallest absolute Gasteiger partial charge is 0.152 e. The van der Waals surface area contributed by atoms with E-state index in [-0.39, 0.29) is 5.78 Å². The van der Waals surface area contributed by atoms with Crippen LogP contribution in [0.5, 0.6) is 0 Å². The Bertz CT molecular complexity index is 141. The van der Waals surface area contributed by atoms with Crippen molar-refractivity contribution >= 4 is 18.4 Å². The van der Waals surface area contributed by atoms with Crippen LogP contribution in [0.2, 0.25) is 0 Å². The molecular formula is C8H17NO2S. The van der Waals surface area contributed by atoms with Gasteiger partial charge >= 0.3 is 0 Å². The summed E-state index contributed by atoms with van der Waals surface area (Å²) in [4.78, 5) is 11.2. The van der Waals surface area contributed by atoms with Crippen molar-refractivity contribution in [3.63, 3.8) is 0 Å². The average molecular weight is 191 g/mol. The molecule has 4 heteroatoms. The Morgan fingerprint density at radius 2 is 2.17 bits per heavy atom. The van der Waals surface area contributed by atoms with Crippen molar-refractivity contribution in [3.8, 4) is 0 Å². The lowest BCUT2D eigenvalue weighted by Crippen LogP contribution is -2.46. The van der Waals surface area contributed by atoms with Gasteiger partial charge in [0, 0.05) is 12.2 Å². The van der Waals surface area contributed by atoms with Crippen LogP contribution in [0, 0.1) is 0 Å². The largest absolute Gasteiger partial charge is 0.390 e. The van der Waals surface area contributed by atoms with Crippen LogP contribution in [-0.4, -0.2) is 35.3 Å². The Morgan fingerprint density at radius 1 is 1.58 bits per heavy atom. The third-order valence-corrected chi connectivity index (χ3v) is 2.07. The lowest BCUT2D eigenvalue weighted by Gasteiger charge is -2.20. The fraction of sp³-hybridized carbons (Fsp3) is 0.875. The van der Waals surface area contributed by atoms with Gasteiger partial charge in [-0.3, -0.25) is 4.79 Å². The van der Waals surface area contributed by atoms with Crippen LogP contribution in [0.4, 0.5) is 0 Å². The molecule has 2 atom stereocenters. The lowest BCUT2D eigenvalue weighted by molar-refractivity contribution is -0.123. The third-order valence-electron chi connectivity index (χ3n) is 1.69. The van der Waals surface area contributed by atoms with Gasteiger partial charge in [0.2, 0.25) is 0 Å². The van der Waals surface area contributed by atoms with E-state index in [1.807, 2.05) is 6.92 Å². The van der Waals surface area contributed by atoms with E-state index in [4.69, 9.17) is 0 Å². The van der Waals surface area contributed by atoms with Crippen molar-refractivity contribution in [3.05, 3.63) is 0 Å². The zero-order valence-corrected chi connectivity index (χ0v) is 8.47. The standard InChI is InChI=1S/C8H17NO2S/c1-3-6(10)8(9-4-2)7(11)5-12/h7-9,11-12H,3-5H2,1-2H3. The van der Waals surface area contributed by atoms with E-state index in [0.29, 0.717) is 18.7 Å². The molecule has 0 aromatic heterocycles. The molecule has 0 aliphatic heterocycles. The number of nitrogens with one attached hydrogen (secondary N) is 1. The van der Waals surface area contributed by atoms with Crippen molar-refractivity contribution in [2.45, 2.75) is 32.4 Å². The maximum atomic E-state index is 11.2. The molecule has 2 unspecified atom stereocenters. The highest BCUT2D eigenvalue weighted by molar-refractivity contribution is 7.80. The number of carbonyl (C=O) groups excluding carboxylic acids is 1. The maximum Gasteiger partial charge on any atom is 0.152 e. The van der Waals surface area contributed by atoms with E-state index in [1.165, 1.54) is 0 Å². The Morgan fingerprint density at radius 3 is 2.50 bits per heavy atom. The van der Waals surface area contributed by atoms with Crippen molar-refractivity contribution in [1.82, 2.24) is 5.32 Å². The molecule has 0 aliphatic carbocycles. The van der Waals surface area contributed by atoms with Crippen molar-refractivity contribution in [1.29, 1.82) is 0 Å². The number of aliphatic hydroxyl groups excluding tert-OH is 1. The first-order valence-corrected chi connectivity index (χ1v) is 4.85. The highest BCUT2D eigenvalue weighted by Crippen LogP contribution is 2.00. The zero-order chi connectivity index (χ0) is 9.56. The molecule has 0 radical (unpaired) electrons. The van der Waals surface area contributed by atoms with Crippen LogP contribution in [0.3, 0.4) is 0 Å². The summed E-state index contributed by atoms with van der Waals surface area (Å²) in [5.74, 6) is 0.349. The molecule has 0 aliphatic rings. The molecule has 0 bridgehead atoms. The second-order valence-corrected chi connectivity index (χ2v) is 2.97. The predicted molar refractivity (Wildman–Crippen MR) is 52.6 cm³/mol. The molecule has 0 aromatic carbocycles. The minimum Gasteiger partial charge on any atom is -0.390 e. The molecule has 3 nitrogen and oxygen atoms in total. The molecule has 72 valence electrons. The fourth-order valence-corrected chi connectivity index (χ4v) is 1.22. The van der Waals surface area contributed by atoms with E-state index >= 15 is 0 Å². The highest BCUT2D eigenvalue weighted by Gasteiger charge is 2.22. The van der Waals surface area contributed by atoms with Gasteiger partial charge in [-0.1, -0.05) is 13.8 Å². The predicted octanol–water partition coefficient (Wildman–Crippen LogP) is 0.234. The van der Waals surface area contributed by atoms with Gasteiger partial charge in [-0.2, -0.15) is 12.6 Å². The monoisotopic (exact) mass is 191 g/mol. The summed E-state index contributed by atoms with van der Waals surface area (Å²) in [6.45, 7) is 4.38. The summed E-state index contributed by atoms with van der Waals surface area (Å²) in [6, 6.07) is -0.447. The van der Waals surface area contributed by atoms with Gasteiger partial charge in [0.15, 0.2) is 5.78 Å². The van der Waals surface area contributed by atoms with Crippen molar-refractivity contribution < 1.29 is 9.90 Å². The molecule has 0 spiro atoms. The van der Waals surface area contributed by atoms with Crippen LogP contribution < -0.4 is 5.32 Å². The number of likely N-dealkylation sites (N-methyl/N-ethyl adjacent to an activating group) is 1. The molecular weight excluding hydrogens is 174 g/mol. The normalized spacial score (nSPS) is 15.7. The molecule has 0 saturated carbocycles. The van der Waals surface area contributed by atoms with Crippen LogP contribution in [0.15, 0.2) is 0 Å². The topological polar surface area (TPSA) is 49.3 Å². The number of ketones is 1. The van der Waals surface area contributed by atoms with Gasteiger partial charge < -0.3 is 10.4 Å². The number of thiol groups is 1. The summed E-state index contributed by atoms with van der Waals surface area (Å²) in [7, 11) is 0. The SMILES string of the molecule is CCNC(C(=O)CC)C(O)CS.